The Balaban J connectivity index is 0.000000302. The molecule has 4 N–H and O–H groups in total. The van der Waals surface area contributed by atoms with Crippen molar-refractivity contribution in [1.29, 1.82) is 0 Å². The highest BCUT2D eigenvalue weighted by molar-refractivity contribution is 5.88. The molecule has 0 radical (unpaired) electrons. The third-order valence-corrected chi connectivity index (χ3v) is 6.83. The maximum atomic E-state index is 13.3. The first-order valence-electron chi connectivity index (χ1n) is 12.9. The zero-order valence-electron chi connectivity index (χ0n) is 22.8. The summed E-state index contributed by atoms with van der Waals surface area (Å²) >= 11 is 0. The topological polar surface area (TPSA) is 172 Å². The molecule has 41 heavy (non-hydrogen) atoms. The van der Waals surface area contributed by atoms with Crippen molar-refractivity contribution >= 4 is 28.9 Å². The SMILES string of the molecule is Cn1c(=O)n(C)c2cc(CN(Cc3ccc(F)cc3)CC3CCCO3)ccc21.O=C(O)CC(O)(CC(=O)O)C(=O)O. The predicted octanol–water partition coefficient (Wildman–Crippen LogP) is 1.95. The van der Waals surface area contributed by atoms with Crippen molar-refractivity contribution in [2.24, 2.45) is 14.1 Å². The molecule has 1 atom stereocenters. The first-order valence-corrected chi connectivity index (χ1v) is 12.9. The number of aliphatic carboxylic acids is 3. The van der Waals surface area contributed by atoms with Gasteiger partial charge in [0.2, 0.25) is 0 Å². The van der Waals surface area contributed by atoms with Gasteiger partial charge in [0, 0.05) is 40.3 Å². The lowest BCUT2D eigenvalue weighted by Gasteiger charge is -2.25. The maximum absolute atomic E-state index is 13.3. The van der Waals surface area contributed by atoms with E-state index >= 15 is 0 Å². The van der Waals surface area contributed by atoms with Gasteiger partial charge in [-0.1, -0.05) is 18.2 Å². The van der Waals surface area contributed by atoms with E-state index in [-0.39, 0.29) is 17.6 Å². The van der Waals surface area contributed by atoms with E-state index < -0.39 is 36.4 Å². The number of hydrogen-bond acceptors (Lipinski definition) is 7. The number of halogens is 1. The van der Waals surface area contributed by atoms with Gasteiger partial charge in [0.25, 0.3) is 0 Å². The molecule has 1 aromatic heterocycles. The van der Waals surface area contributed by atoms with Gasteiger partial charge in [0.05, 0.1) is 30.0 Å². The number of rotatable bonds is 11. The van der Waals surface area contributed by atoms with E-state index in [2.05, 4.69) is 17.0 Å². The summed E-state index contributed by atoms with van der Waals surface area (Å²) in [6.07, 6.45) is 0.132. The van der Waals surface area contributed by atoms with Crippen LogP contribution in [0.15, 0.2) is 47.3 Å². The number of carbonyl (C=O) groups is 3. The lowest BCUT2D eigenvalue weighted by Crippen LogP contribution is -2.42. The molecule has 3 aromatic rings. The van der Waals surface area contributed by atoms with E-state index in [4.69, 9.17) is 25.2 Å². The van der Waals surface area contributed by atoms with Crippen LogP contribution in [0.3, 0.4) is 0 Å². The highest BCUT2D eigenvalue weighted by Crippen LogP contribution is 2.20. The normalized spacial score (nSPS) is 15.1. The van der Waals surface area contributed by atoms with Gasteiger partial charge in [-0.2, -0.15) is 0 Å². The number of aliphatic hydroxyl groups is 1. The van der Waals surface area contributed by atoms with Crippen LogP contribution in [-0.4, -0.2) is 77.2 Å². The number of aryl methyl sites for hydroxylation is 2. The third kappa shape index (κ3) is 8.46. The molecule has 1 fully saturated rings. The van der Waals surface area contributed by atoms with E-state index in [9.17, 15) is 23.6 Å². The van der Waals surface area contributed by atoms with Crippen LogP contribution in [0, 0.1) is 5.82 Å². The van der Waals surface area contributed by atoms with Crippen LogP contribution in [0.2, 0.25) is 0 Å². The molecule has 13 heteroatoms. The minimum atomic E-state index is -2.74. The Morgan fingerprint density at radius 2 is 1.51 bits per heavy atom. The van der Waals surface area contributed by atoms with E-state index in [1.807, 2.05) is 18.2 Å². The standard InChI is InChI=1S/C22H26FN3O2.C6H8O7/c1-24-20-10-7-17(12-21(20)25(2)22(24)27)14-26(15-19-4-3-11-28-19)13-16-5-8-18(23)9-6-16;7-3(8)1-6(13,5(11)12)2-4(9)10/h5-10,12,19H,3-4,11,13-15H2,1-2H3;13H,1-2H2,(H,7,8)(H,9,10)(H,11,12). The van der Waals surface area contributed by atoms with Gasteiger partial charge in [0.15, 0.2) is 5.60 Å². The molecule has 1 aliphatic rings. The fraction of sp³-hybridized carbons (Fsp3) is 0.429. The second kappa shape index (κ2) is 13.5. The van der Waals surface area contributed by atoms with E-state index in [1.165, 1.54) is 12.1 Å². The molecule has 222 valence electrons. The van der Waals surface area contributed by atoms with Gasteiger partial charge in [-0.3, -0.25) is 23.6 Å². The number of carboxylic acids is 3. The summed E-state index contributed by atoms with van der Waals surface area (Å²) in [4.78, 5) is 45.0. The summed E-state index contributed by atoms with van der Waals surface area (Å²) in [7, 11) is 3.60. The molecule has 0 saturated carbocycles. The third-order valence-electron chi connectivity index (χ3n) is 6.83. The number of fused-ring (bicyclic) bond motifs is 1. The highest BCUT2D eigenvalue weighted by Gasteiger charge is 2.40. The van der Waals surface area contributed by atoms with Crippen molar-refractivity contribution in [2.75, 3.05) is 13.2 Å². The van der Waals surface area contributed by atoms with Crippen LogP contribution in [0.4, 0.5) is 4.39 Å². The van der Waals surface area contributed by atoms with E-state index in [0.717, 1.165) is 61.2 Å². The lowest BCUT2D eigenvalue weighted by atomic mass is 9.96. The van der Waals surface area contributed by atoms with Crippen molar-refractivity contribution in [3.8, 4) is 0 Å². The summed E-state index contributed by atoms with van der Waals surface area (Å²) in [6.45, 7) is 3.14. The Kier molecular flexibility index (Phi) is 10.4. The first kappa shape index (κ1) is 31.5. The van der Waals surface area contributed by atoms with Crippen molar-refractivity contribution in [2.45, 2.75) is 50.5 Å². The van der Waals surface area contributed by atoms with Crippen molar-refractivity contribution in [1.82, 2.24) is 14.0 Å². The average molecular weight is 576 g/mol. The predicted molar refractivity (Wildman–Crippen MR) is 145 cm³/mol. The zero-order chi connectivity index (χ0) is 30.3. The zero-order valence-corrected chi connectivity index (χ0v) is 22.8. The molecule has 1 saturated heterocycles. The number of carboxylic acid groups (broad SMARTS) is 3. The molecule has 0 amide bonds. The molecule has 2 heterocycles. The van der Waals surface area contributed by atoms with Gasteiger partial charge >= 0.3 is 23.6 Å². The second-order valence-corrected chi connectivity index (χ2v) is 10.1. The Labute approximate surface area is 234 Å². The number of nitrogens with zero attached hydrogens (tertiary/aromatic N) is 3. The average Bonchev–Trinajstić information content (AvgIpc) is 3.47. The molecule has 0 spiro atoms. The lowest BCUT2D eigenvalue weighted by molar-refractivity contribution is -0.170. The minimum absolute atomic E-state index is 0.0188. The Morgan fingerprint density at radius 1 is 0.951 bits per heavy atom. The maximum Gasteiger partial charge on any atom is 0.336 e. The van der Waals surface area contributed by atoms with Crippen LogP contribution in [0.25, 0.3) is 11.0 Å². The van der Waals surface area contributed by atoms with E-state index in [0.29, 0.717) is 0 Å². The van der Waals surface area contributed by atoms with Crippen LogP contribution >= 0.6 is 0 Å². The Hall–Kier alpha value is -4.07. The van der Waals surface area contributed by atoms with Crippen LogP contribution in [-0.2, 0) is 46.3 Å². The summed E-state index contributed by atoms with van der Waals surface area (Å²) in [5.41, 5.74) is 1.33. The van der Waals surface area contributed by atoms with Crippen molar-refractivity contribution in [3.05, 3.63) is 69.9 Å². The molecule has 0 bridgehead atoms. The van der Waals surface area contributed by atoms with Gasteiger partial charge in [-0.25, -0.2) is 14.0 Å². The Bertz CT molecular complexity index is 1430. The number of ether oxygens (including phenoxy) is 1. The van der Waals surface area contributed by atoms with Crippen LogP contribution < -0.4 is 5.69 Å². The molecule has 12 nitrogen and oxygen atoms in total. The first-order chi connectivity index (χ1) is 19.3. The number of benzene rings is 2. The monoisotopic (exact) mass is 575 g/mol. The van der Waals surface area contributed by atoms with Crippen molar-refractivity contribution < 1.29 is 43.9 Å². The highest BCUT2D eigenvalue weighted by atomic mass is 19.1. The summed E-state index contributed by atoms with van der Waals surface area (Å²) in [5.74, 6) is -5.24. The molecule has 0 aliphatic carbocycles. The fourth-order valence-corrected chi connectivity index (χ4v) is 4.73. The smallest absolute Gasteiger partial charge is 0.336 e. The fourth-order valence-electron chi connectivity index (χ4n) is 4.73. The van der Waals surface area contributed by atoms with Crippen LogP contribution in [0.5, 0.6) is 0 Å². The van der Waals surface area contributed by atoms with Gasteiger partial charge in [-0.15, -0.1) is 0 Å². The van der Waals surface area contributed by atoms with Crippen LogP contribution in [0.1, 0.15) is 36.8 Å². The summed E-state index contributed by atoms with van der Waals surface area (Å²) in [6, 6.07) is 12.9. The number of aromatic nitrogens is 2. The number of imidazole rings is 1. The number of hydrogen-bond donors (Lipinski definition) is 4. The largest absolute Gasteiger partial charge is 0.481 e. The Morgan fingerprint density at radius 3 is 2.05 bits per heavy atom. The molecular weight excluding hydrogens is 541 g/mol. The summed E-state index contributed by atoms with van der Waals surface area (Å²) < 4.78 is 22.4. The minimum Gasteiger partial charge on any atom is -0.481 e. The quantitative estimate of drug-likeness (QED) is 0.265. The molecule has 1 aliphatic heterocycles. The molecular formula is C28H34FN3O9. The van der Waals surface area contributed by atoms with Gasteiger partial charge < -0.3 is 25.2 Å². The van der Waals surface area contributed by atoms with E-state index in [1.54, 1.807) is 23.2 Å². The van der Waals surface area contributed by atoms with Gasteiger partial charge in [0.1, 0.15) is 5.82 Å². The van der Waals surface area contributed by atoms with Crippen molar-refractivity contribution in [3.63, 3.8) is 0 Å². The molecule has 1 unspecified atom stereocenters. The molecule has 2 aromatic carbocycles. The summed E-state index contributed by atoms with van der Waals surface area (Å²) in [5, 5.41) is 33.8. The molecule has 4 rings (SSSR count). The second-order valence-electron chi connectivity index (χ2n) is 10.1. The van der Waals surface area contributed by atoms with Gasteiger partial charge in [-0.05, 0) is 48.2 Å².